The van der Waals surface area contributed by atoms with Crippen LogP contribution in [0.3, 0.4) is 0 Å². The van der Waals surface area contributed by atoms with Crippen LogP contribution in [0.15, 0.2) is 249 Å². The van der Waals surface area contributed by atoms with Crippen molar-refractivity contribution in [3.63, 3.8) is 0 Å². The van der Waals surface area contributed by atoms with E-state index in [9.17, 15) is 0 Å². The molecule has 0 fully saturated rings. The zero-order valence-electron chi connectivity index (χ0n) is 38.2. The largest absolute Gasteiger partial charge is 0.398 e. The van der Waals surface area contributed by atoms with Crippen LogP contribution in [0.4, 0.5) is 5.69 Å². The summed E-state index contributed by atoms with van der Waals surface area (Å²) in [7, 11) is 1.50. The molecule has 0 saturated carbocycles. The Kier molecular flexibility index (Phi) is 23.9. The molecule has 0 saturated heterocycles. The van der Waals surface area contributed by atoms with E-state index in [2.05, 4.69) is 233 Å². The average Bonchev–Trinajstić information content (AvgIpc) is 3.38. The minimum atomic E-state index is 0.813. The van der Waals surface area contributed by atoms with E-state index in [1.165, 1.54) is 73.8 Å². The molecule has 8 rings (SSSR count). The summed E-state index contributed by atoms with van der Waals surface area (Å²) in [5, 5.41) is 11.0. The van der Waals surface area contributed by atoms with E-state index in [4.69, 9.17) is 16.6 Å². The maximum absolute atomic E-state index is 6.14. The Bertz CT molecular complexity index is 2450. The van der Waals surface area contributed by atoms with Crippen LogP contribution in [0.1, 0.15) is 29.2 Å². The molecule has 0 radical (unpaired) electrons. The number of aryl methyl sites for hydroxylation is 1. The lowest BCUT2D eigenvalue weighted by atomic mass is 9.91. The maximum atomic E-state index is 6.14. The number of nitrogens with two attached hydrogens (primary N) is 2. The molecule has 328 valence electrons. The second-order valence-corrected chi connectivity index (χ2v) is 14.4. The van der Waals surface area contributed by atoms with Gasteiger partial charge in [0.05, 0.1) is 0 Å². The smallest absolute Gasteiger partial charge is 0.0393 e. The number of nitrogen functional groups attached to an aromatic ring is 1. The molecule has 4 heteroatoms. The third-order valence-corrected chi connectivity index (χ3v) is 10.1. The minimum absolute atomic E-state index is 0.813. The van der Waals surface area contributed by atoms with Gasteiger partial charge in [0.25, 0.3) is 0 Å². The molecule has 0 aliphatic rings. The van der Waals surface area contributed by atoms with E-state index in [0.29, 0.717) is 0 Å². The number of hydrogen-bond acceptors (Lipinski definition) is 4. The van der Waals surface area contributed by atoms with Crippen molar-refractivity contribution >= 4 is 19.1 Å². The van der Waals surface area contributed by atoms with Crippen molar-refractivity contribution < 1.29 is 0 Å². The standard InChI is InChI=1S/C25H20.C19H17N.C14H16.CH5N.2CH3N/c1-3-7-22(8-4-1)24-15-11-20(12-16-24)19-21-13-17-25(18-14-21)23-9-5-2-6-10-23;1-14-8-2-3-9-15(14)16-10-4-5-11-17(16)18-12-6-7-13-19(18)20;1-3-8-13(9-4-2)12-14-10-6-5-7-11-14;3*1-2/h1-18H,19H2;2-13H,20H2,1H3;3-11H,1,12H2,2H3;2H2,1H3;2*2H,1H2/b;;9-4-,13-8+;;;. The third kappa shape index (κ3) is 16.7. The number of rotatable bonds is 10. The van der Waals surface area contributed by atoms with Crippen molar-refractivity contribution in [1.29, 1.82) is 10.8 Å². The predicted octanol–water partition coefficient (Wildman–Crippen LogP) is 15.5. The molecule has 6 N–H and O–H groups in total. The highest BCUT2D eigenvalue weighted by Crippen LogP contribution is 2.36. The van der Waals surface area contributed by atoms with Gasteiger partial charge in [0.1, 0.15) is 0 Å². The maximum Gasteiger partial charge on any atom is 0.0393 e. The Balaban J connectivity index is 0.000000253. The summed E-state index contributed by atoms with van der Waals surface area (Å²) in [5.74, 6) is 0. The van der Waals surface area contributed by atoms with Crippen LogP contribution in [0.2, 0.25) is 0 Å². The summed E-state index contributed by atoms with van der Waals surface area (Å²) in [6.45, 7) is 12.9. The highest BCUT2D eigenvalue weighted by Gasteiger charge is 2.10. The summed E-state index contributed by atoms with van der Waals surface area (Å²) in [6.07, 6.45) is 9.99. The molecule has 0 bridgehead atoms. The van der Waals surface area contributed by atoms with Crippen molar-refractivity contribution in [2.45, 2.75) is 26.7 Å². The van der Waals surface area contributed by atoms with E-state index < -0.39 is 0 Å². The van der Waals surface area contributed by atoms with Crippen LogP contribution >= 0.6 is 0 Å². The normalized spacial score (nSPS) is 10.1. The average molecular weight is 853 g/mol. The van der Waals surface area contributed by atoms with Crippen molar-refractivity contribution in [3.8, 4) is 44.5 Å². The molecular formula is C61H64N4. The number of anilines is 1. The van der Waals surface area contributed by atoms with Gasteiger partial charge in [-0.05, 0) is 120 Å². The van der Waals surface area contributed by atoms with Crippen molar-refractivity contribution in [2.24, 2.45) is 5.73 Å². The highest BCUT2D eigenvalue weighted by molar-refractivity contribution is 5.89. The van der Waals surface area contributed by atoms with E-state index >= 15 is 0 Å². The van der Waals surface area contributed by atoms with Crippen molar-refractivity contribution in [2.75, 3.05) is 12.8 Å². The summed E-state index contributed by atoms with van der Waals surface area (Å²) in [6, 6.07) is 74.1. The second-order valence-electron chi connectivity index (χ2n) is 14.4. The summed E-state index contributed by atoms with van der Waals surface area (Å²) >= 11 is 0. The van der Waals surface area contributed by atoms with Gasteiger partial charge in [0.15, 0.2) is 0 Å². The Morgan fingerprint density at radius 3 is 1.25 bits per heavy atom. The summed E-state index contributed by atoms with van der Waals surface area (Å²) < 4.78 is 0. The molecule has 0 atom stereocenters. The van der Waals surface area contributed by atoms with Crippen LogP contribution in [0, 0.1) is 17.7 Å². The number of allylic oxidation sites excluding steroid dienone is 5. The highest BCUT2D eigenvalue weighted by atomic mass is 14.6. The molecule has 0 amide bonds. The Labute approximate surface area is 389 Å². The molecule has 0 aliphatic carbocycles. The molecule has 0 heterocycles. The number of para-hydroxylation sites is 1. The van der Waals surface area contributed by atoms with Crippen molar-refractivity contribution in [1.82, 2.24) is 0 Å². The topological polar surface area (TPSA) is 99.7 Å². The third-order valence-electron chi connectivity index (χ3n) is 10.1. The number of benzene rings is 8. The molecule has 0 aliphatic heterocycles. The van der Waals surface area contributed by atoms with E-state index in [1.54, 1.807) is 0 Å². The fourth-order valence-electron chi connectivity index (χ4n) is 7.07. The Morgan fingerprint density at radius 1 is 0.446 bits per heavy atom. The fraction of sp³-hybridized carbons (Fsp3) is 0.0820. The van der Waals surface area contributed by atoms with Crippen molar-refractivity contribution in [3.05, 3.63) is 271 Å². The number of hydrogen-bond donors (Lipinski definition) is 4. The molecule has 0 unspecified atom stereocenters. The zero-order chi connectivity index (χ0) is 47.1. The Hall–Kier alpha value is -7.92. The van der Waals surface area contributed by atoms with Crippen LogP contribution < -0.4 is 11.5 Å². The first-order valence-electron chi connectivity index (χ1n) is 21.6. The van der Waals surface area contributed by atoms with Gasteiger partial charge in [0, 0.05) is 11.3 Å². The zero-order valence-corrected chi connectivity index (χ0v) is 38.2. The van der Waals surface area contributed by atoms with Crippen LogP contribution in [-0.2, 0) is 12.8 Å². The lowest BCUT2D eigenvalue weighted by Crippen LogP contribution is -1.92. The monoisotopic (exact) mass is 853 g/mol. The molecular weight excluding hydrogens is 789 g/mol. The molecule has 0 spiro atoms. The van der Waals surface area contributed by atoms with Gasteiger partial charge >= 0.3 is 0 Å². The van der Waals surface area contributed by atoms with Crippen LogP contribution in [0.5, 0.6) is 0 Å². The van der Waals surface area contributed by atoms with Gasteiger partial charge in [-0.15, -0.1) is 0 Å². The molecule has 8 aromatic carbocycles. The van der Waals surface area contributed by atoms with Gasteiger partial charge in [-0.2, -0.15) is 0 Å². The van der Waals surface area contributed by atoms with Gasteiger partial charge < -0.3 is 22.3 Å². The SMILES string of the molecule is C=C/C=C(\C=C/C)Cc1ccccc1.C=N.C=N.CN.Cc1ccccc1-c1ccccc1-c1ccccc1N.c1ccc(-c2ccc(Cc3ccc(-c4ccccc4)cc3)cc2)cc1. The quantitative estimate of drug-likeness (QED) is 0.0626. The molecule has 4 nitrogen and oxygen atoms in total. The summed E-state index contributed by atoms with van der Waals surface area (Å²) in [4.78, 5) is 0. The number of nitrogens with one attached hydrogen (secondary N) is 2. The van der Waals surface area contributed by atoms with E-state index in [1.807, 2.05) is 43.3 Å². The summed E-state index contributed by atoms with van der Waals surface area (Å²) in [5.41, 5.74) is 27.8. The van der Waals surface area contributed by atoms with Crippen LogP contribution in [0.25, 0.3) is 44.5 Å². The molecule has 0 aromatic heterocycles. The van der Waals surface area contributed by atoms with Gasteiger partial charge in [0.2, 0.25) is 0 Å². The molecule has 8 aromatic rings. The fourth-order valence-corrected chi connectivity index (χ4v) is 7.07. The lowest BCUT2D eigenvalue weighted by molar-refractivity contribution is 1.19. The van der Waals surface area contributed by atoms with E-state index in [0.717, 1.165) is 24.1 Å². The first kappa shape index (κ1) is 51.4. The van der Waals surface area contributed by atoms with Gasteiger partial charge in [-0.25, -0.2) is 0 Å². The molecule has 65 heavy (non-hydrogen) atoms. The lowest BCUT2D eigenvalue weighted by Gasteiger charge is -2.13. The van der Waals surface area contributed by atoms with E-state index in [-0.39, 0.29) is 0 Å². The first-order valence-corrected chi connectivity index (χ1v) is 21.6. The van der Waals surface area contributed by atoms with Gasteiger partial charge in [-0.3, -0.25) is 0 Å². The van der Waals surface area contributed by atoms with Crippen LogP contribution in [-0.4, -0.2) is 20.5 Å². The predicted molar refractivity (Wildman–Crippen MR) is 286 cm³/mol. The Morgan fingerprint density at radius 2 is 0.815 bits per heavy atom. The first-order chi connectivity index (χ1) is 32.0. The minimum Gasteiger partial charge on any atom is -0.398 e. The van der Waals surface area contributed by atoms with Gasteiger partial charge in [-0.1, -0.05) is 237 Å². The second kappa shape index (κ2) is 30.2.